The van der Waals surface area contributed by atoms with Gasteiger partial charge in [0.1, 0.15) is 19.0 Å². The van der Waals surface area contributed by atoms with Crippen LogP contribution in [0.2, 0.25) is 0 Å². The second-order valence-corrected chi connectivity index (χ2v) is 8.47. The van der Waals surface area contributed by atoms with Gasteiger partial charge in [-0.2, -0.15) is 0 Å². The maximum Gasteiger partial charge on any atom is 0.416 e. The van der Waals surface area contributed by atoms with Gasteiger partial charge in [-0.1, -0.05) is 78.9 Å². The van der Waals surface area contributed by atoms with Gasteiger partial charge in [-0.3, -0.25) is 4.79 Å². The van der Waals surface area contributed by atoms with Crippen LogP contribution in [-0.2, 0) is 29.0 Å². The molecular formula is C29H29NO4. The van der Waals surface area contributed by atoms with Crippen LogP contribution in [-0.4, -0.2) is 29.5 Å². The Morgan fingerprint density at radius 2 is 1.62 bits per heavy atom. The smallest absolute Gasteiger partial charge is 0.416 e. The third kappa shape index (κ3) is 5.93. The summed E-state index contributed by atoms with van der Waals surface area (Å²) >= 11 is 0. The van der Waals surface area contributed by atoms with Gasteiger partial charge in [0.2, 0.25) is 5.91 Å². The number of allylic oxidation sites excluding steroid dienone is 1. The van der Waals surface area contributed by atoms with Crippen LogP contribution in [0.15, 0.2) is 97.6 Å². The van der Waals surface area contributed by atoms with Crippen LogP contribution >= 0.6 is 0 Å². The highest BCUT2D eigenvalue weighted by atomic mass is 16.6. The lowest BCUT2D eigenvalue weighted by atomic mass is 9.93. The monoisotopic (exact) mass is 455 g/mol. The number of ether oxygens (including phenoxy) is 2. The Balaban J connectivity index is 1.41. The van der Waals surface area contributed by atoms with Gasteiger partial charge >= 0.3 is 6.09 Å². The maximum absolute atomic E-state index is 13.4. The van der Waals surface area contributed by atoms with E-state index in [0.717, 1.165) is 22.4 Å². The molecule has 3 aromatic rings. The van der Waals surface area contributed by atoms with Gasteiger partial charge in [0.15, 0.2) is 0 Å². The van der Waals surface area contributed by atoms with E-state index in [1.165, 1.54) is 4.90 Å². The molecule has 2 unspecified atom stereocenters. The number of carbonyl (C=O) groups is 2. The fourth-order valence-electron chi connectivity index (χ4n) is 4.18. The maximum atomic E-state index is 13.4. The van der Waals surface area contributed by atoms with Crippen molar-refractivity contribution in [2.24, 2.45) is 5.92 Å². The number of hydrogen-bond acceptors (Lipinski definition) is 4. The van der Waals surface area contributed by atoms with Gasteiger partial charge in [-0.15, -0.1) is 6.58 Å². The van der Waals surface area contributed by atoms with E-state index >= 15 is 0 Å². The second kappa shape index (κ2) is 11.3. The molecule has 174 valence electrons. The Labute approximate surface area is 200 Å². The summed E-state index contributed by atoms with van der Waals surface area (Å²) in [6.45, 7) is 4.53. The summed E-state index contributed by atoms with van der Waals surface area (Å²) in [4.78, 5) is 27.2. The lowest BCUT2D eigenvalue weighted by Gasteiger charge is -2.24. The summed E-state index contributed by atoms with van der Waals surface area (Å²) < 4.78 is 11.1. The van der Waals surface area contributed by atoms with Gasteiger partial charge in [-0.05, 0) is 48.1 Å². The molecule has 1 aliphatic heterocycles. The molecule has 0 bridgehead atoms. The highest BCUT2D eigenvalue weighted by Gasteiger charge is 2.40. The number of amides is 2. The molecule has 2 amide bonds. The lowest BCUT2D eigenvalue weighted by molar-refractivity contribution is -0.133. The van der Waals surface area contributed by atoms with Crippen molar-refractivity contribution in [3.8, 4) is 5.75 Å². The molecule has 1 aliphatic rings. The van der Waals surface area contributed by atoms with E-state index in [1.54, 1.807) is 6.08 Å². The Bertz CT molecular complexity index is 1100. The molecule has 4 rings (SSSR count). The van der Waals surface area contributed by atoms with Gasteiger partial charge in [0.25, 0.3) is 0 Å². The molecule has 34 heavy (non-hydrogen) atoms. The first-order valence-electron chi connectivity index (χ1n) is 11.5. The molecule has 3 aromatic carbocycles. The Morgan fingerprint density at radius 1 is 0.971 bits per heavy atom. The second-order valence-electron chi connectivity index (χ2n) is 8.47. The minimum atomic E-state index is -0.565. The van der Waals surface area contributed by atoms with Gasteiger partial charge in [0.05, 0.1) is 6.04 Å². The van der Waals surface area contributed by atoms with Crippen LogP contribution in [0.25, 0.3) is 0 Å². The first-order chi connectivity index (χ1) is 16.6. The third-order valence-electron chi connectivity index (χ3n) is 5.97. The predicted octanol–water partition coefficient (Wildman–Crippen LogP) is 5.59. The Morgan fingerprint density at radius 3 is 2.26 bits per heavy atom. The summed E-state index contributed by atoms with van der Waals surface area (Å²) in [7, 11) is 0. The minimum Gasteiger partial charge on any atom is -0.489 e. The molecule has 0 radical (unpaired) electrons. The van der Waals surface area contributed by atoms with Crippen molar-refractivity contribution >= 4 is 12.0 Å². The predicted molar refractivity (Wildman–Crippen MR) is 131 cm³/mol. The lowest BCUT2D eigenvalue weighted by Crippen LogP contribution is -2.44. The zero-order valence-electron chi connectivity index (χ0n) is 19.1. The standard InChI is InChI=1S/C29H29NO4/c1-2-9-25(18-23-14-16-27(17-15-23)33-20-24-12-7-4-8-13-24)28(31)30-26(21-34-29(30)32)19-22-10-5-3-6-11-22/h2-8,10-17,25-26H,1,9,18-21H2. The molecule has 0 saturated carbocycles. The summed E-state index contributed by atoms with van der Waals surface area (Å²) in [5, 5.41) is 0. The van der Waals surface area contributed by atoms with E-state index in [9.17, 15) is 9.59 Å². The zero-order valence-corrected chi connectivity index (χ0v) is 19.1. The number of rotatable bonds is 10. The number of nitrogens with zero attached hydrogens (tertiary/aromatic N) is 1. The van der Waals surface area contributed by atoms with Crippen LogP contribution < -0.4 is 4.74 Å². The van der Waals surface area contributed by atoms with Gasteiger partial charge in [0, 0.05) is 5.92 Å². The molecule has 1 saturated heterocycles. The van der Waals surface area contributed by atoms with E-state index in [4.69, 9.17) is 9.47 Å². The highest BCUT2D eigenvalue weighted by molar-refractivity contribution is 5.95. The van der Waals surface area contributed by atoms with Crippen LogP contribution in [0.4, 0.5) is 4.79 Å². The number of carbonyl (C=O) groups excluding carboxylic acids is 2. The van der Waals surface area contributed by atoms with Gasteiger partial charge in [-0.25, -0.2) is 9.69 Å². The Hall–Kier alpha value is -3.86. The Kier molecular flexibility index (Phi) is 7.76. The quantitative estimate of drug-likeness (QED) is 0.374. The molecule has 0 aromatic heterocycles. The van der Waals surface area contributed by atoms with Crippen LogP contribution in [0.5, 0.6) is 5.75 Å². The fraction of sp³-hybridized carbons (Fsp3) is 0.241. The average Bonchev–Trinajstić information content (AvgIpc) is 3.23. The largest absolute Gasteiger partial charge is 0.489 e. The normalized spacial score (nSPS) is 16.1. The number of benzene rings is 3. The topological polar surface area (TPSA) is 55.8 Å². The van der Waals surface area contributed by atoms with Crippen molar-refractivity contribution in [2.45, 2.75) is 31.9 Å². The van der Waals surface area contributed by atoms with E-state index in [2.05, 4.69) is 6.58 Å². The van der Waals surface area contributed by atoms with Crippen molar-refractivity contribution < 1.29 is 19.1 Å². The summed E-state index contributed by atoms with van der Waals surface area (Å²) in [5.74, 6) is 0.162. The fourth-order valence-corrected chi connectivity index (χ4v) is 4.18. The minimum absolute atomic E-state index is 0.215. The third-order valence-corrected chi connectivity index (χ3v) is 5.97. The highest BCUT2D eigenvalue weighted by Crippen LogP contribution is 2.24. The molecule has 0 spiro atoms. The van der Waals surface area contributed by atoms with Crippen molar-refractivity contribution in [1.82, 2.24) is 4.90 Å². The number of hydrogen-bond donors (Lipinski definition) is 0. The van der Waals surface area contributed by atoms with E-state index in [1.807, 2.05) is 84.9 Å². The first-order valence-corrected chi connectivity index (χ1v) is 11.5. The molecule has 5 heteroatoms. The van der Waals surface area contributed by atoms with Crippen LogP contribution in [0.1, 0.15) is 23.1 Å². The zero-order chi connectivity index (χ0) is 23.8. The molecule has 0 N–H and O–H groups in total. The number of imide groups is 1. The van der Waals surface area contributed by atoms with Crippen molar-refractivity contribution in [1.29, 1.82) is 0 Å². The summed E-state index contributed by atoms with van der Waals surface area (Å²) in [6, 6.07) is 27.3. The van der Waals surface area contributed by atoms with Crippen LogP contribution in [0, 0.1) is 5.92 Å². The molecule has 2 atom stereocenters. The number of cyclic esters (lactones) is 1. The average molecular weight is 456 g/mol. The molecule has 1 fully saturated rings. The van der Waals surface area contributed by atoms with Gasteiger partial charge < -0.3 is 9.47 Å². The molecule has 0 aliphatic carbocycles. The molecular weight excluding hydrogens is 426 g/mol. The summed E-state index contributed by atoms with van der Waals surface area (Å²) in [6.07, 6.45) is 2.73. The van der Waals surface area contributed by atoms with E-state index in [0.29, 0.717) is 25.9 Å². The van der Waals surface area contributed by atoms with Crippen LogP contribution in [0.3, 0.4) is 0 Å². The molecule has 1 heterocycles. The van der Waals surface area contributed by atoms with Crippen molar-refractivity contribution in [3.63, 3.8) is 0 Å². The first kappa shape index (κ1) is 23.3. The summed E-state index contributed by atoms with van der Waals surface area (Å²) in [5.41, 5.74) is 3.17. The van der Waals surface area contributed by atoms with Crippen molar-refractivity contribution in [2.75, 3.05) is 6.61 Å². The van der Waals surface area contributed by atoms with Crippen molar-refractivity contribution in [3.05, 3.63) is 114 Å². The van der Waals surface area contributed by atoms with E-state index < -0.39 is 12.0 Å². The SMILES string of the molecule is C=CCC(Cc1ccc(OCc2ccccc2)cc1)C(=O)N1C(=O)OCC1Cc1ccccc1. The van der Waals surface area contributed by atoms with E-state index in [-0.39, 0.29) is 18.6 Å². The molecule has 5 nitrogen and oxygen atoms in total.